The molecule has 1 aromatic heterocycles. The molecule has 0 radical (unpaired) electrons. The lowest BCUT2D eigenvalue weighted by atomic mass is 10.2. The number of aromatic nitrogens is 1. The summed E-state index contributed by atoms with van der Waals surface area (Å²) < 4.78 is 41.5. The van der Waals surface area contributed by atoms with Gasteiger partial charge in [-0.05, 0) is 24.1 Å². The van der Waals surface area contributed by atoms with Crippen molar-refractivity contribution in [2.24, 2.45) is 4.99 Å². The SMILES string of the molecule is CCc1cnc(CCNC(=NC)NCc2cccc(OCC(F)(F)F)c2)s1.I. The van der Waals surface area contributed by atoms with E-state index >= 15 is 0 Å². The molecule has 1 aromatic carbocycles. The molecule has 0 spiro atoms. The van der Waals surface area contributed by atoms with Crippen LogP contribution >= 0.6 is 35.3 Å². The van der Waals surface area contributed by atoms with Crippen LogP contribution in [-0.4, -0.2) is 37.3 Å². The normalized spacial score (nSPS) is 11.7. The number of ether oxygens (including phenoxy) is 1. The maximum atomic E-state index is 12.2. The number of aliphatic imine (C=N–C) groups is 1. The summed E-state index contributed by atoms with van der Waals surface area (Å²) in [5, 5.41) is 7.41. The summed E-state index contributed by atoms with van der Waals surface area (Å²) in [6, 6.07) is 6.55. The molecule has 5 nitrogen and oxygen atoms in total. The van der Waals surface area contributed by atoms with Gasteiger partial charge in [-0.3, -0.25) is 4.99 Å². The molecule has 0 aliphatic carbocycles. The van der Waals surface area contributed by atoms with Gasteiger partial charge in [0.2, 0.25) is 0 Å². The first-order valence-corrected chi connectivity index (χ1v) is 9.38. The number of alkyl halides is 3. The van der Waals surface area contributed by atoms with Crippen LogP contribution in [-0.2, 0) is 19.4 Å². The first-order chi connectivity index (χ1) is 12.9. The molecule has 2 rings (SSSR count). The van der Waals surface area contributed by atoms with Crippen molar-refractivity contribution in [1.29, 1.82) is 0 Å². The highest BCUT2D eigenvalue weighted by Gasteiger charge is 2.28. The molecule has 0 saturated heterocycles. The summed E-state index contributed by atoms with van der Waals surface area (Å²) in [6.07, 6.45) is -0.664. The van der Waals surface area contributed by atoms with Crippen LogP contribution in [0.3, 0.4) is 0 Å². The van der Waals surface area contributed by atoms with Crippen LogP contribution in [0.5, 0.6) is 5.75 Å². The fraction of sp³-hybridized carbons (Fsp3) is 0.444. The van der Waals surface area contributed by atoms with Crippen molar-refractivity contribution in [1.82, 2.24) is 15.6 Å². The number of halogens is 4. The standard InChI is InChI=1S/C18H23F3N4OS.HI/c1-3-15-11-24-16(27-15)7-8-23-17(22-2)25-10-13-5-4-6-14(9-13)26-12-18(19,20)21;/h4-6,9,11H,3,7-8,10,12H2,1-2H3,(H2,22,23,25);1H. The third kappa shape index (κ3) is 9.09. The minimum atomic E-state index is -4.35. The van der Waals surface area contributed by atoms with E-state index in [0.717, 1.165) is 23.4 Å². The topological polar surface area (TPSA) is 58.5 Å². The van der Waals surface area contributed by atoms with Crippen LogP contribution in [0.25, 0.3) is 0 Å². The van der Waals surface area contributed by atoms with E-state index in [9.17, 15) is 13.2 Å². The Morgan fingerprint density at radius 1 is 1.29 bits per heavy atom. The van der Waals surface area contributed by atoms with Gasteiger partial charge >= 0.3 is 6.18 Å². The minimum Gasteiger partial charge on any atom is -0.484 e. The number of aryl methyl sites for hydroxylation is 1. The number of nitrogens with zero attached hydrogens (tertiary/aromatic N) is 2. The molecule has 0 fully saturated rings. The van der Waals surface area contributed by atoms with Crippen molar-refractivity contribution in [3.8, 4) is 5.75 Å². The molecule has 0 amide bonds. The van der Waals surface area contributed by atoms with Gasteiger partial charge in [0.1, 0.15) is 5.75 Å². The number of hydrogen-bond acceptors (Lipinski definition) is 4. The maximum absolute atomic E-state index is 12.2. The van der Waals surface area contributed by atoms with Crippen molar-refractivity contribution >= 4 is 41.3 Å². The molecule has 2 aromatic rings. The Kier molecular flexibility index (Phi) is 10.6. The second-order valence-electron chi connectivity index (χ2n) is 5.73. The molecule has 156 valence electrons. The number of nitrogens with one attached hydrogen (secondary N) is 2. The Balaban J connectivity index is 0.00000392. The molecular formula is C18H24F3IN4OS. The number of benzene rings is 1. The molecule has 0 saturated carbocycles. The third-order valence-electron chi connectivity index (χ3n) is 3.57. The van der Waals surface area contributed by atoms with E-state index in [2.05, 4.69) is 27.5 Å². The Bertz CT molecular complexity index is 752. The van der Waals surface area contributed by atoms with E-state index in [0.29, 0.717) is 19.0 Å². The van der Waals surface area contributed by atoms with Crippen molar-refractivity contribution in [2.75, 3.05) is 20.2 Å². The van der Waals surface area contributed by atoms with Crippen LogP contribution in [0.4, 0.5) is 13.2 Å². The van der Waals surface area contributed by atoms with Gasteiger partial charge in [0.15, 0.2) is 12.6 Å². The quantitative estimate of drug-likeness (QED) is 0.307. The van der Waals surface area contributed by atoms with Crippen molar-refractivity contribution in [2.45, 2.75) is 32.5 Å². The van der Waals surface area contributed by atoms with Gasteiger partial charge in [0, 0.05) is 37.6 Å². The average Bonchev–Trinajstić information content (AvgIpc) is 3.10. The number of hydrogen-bond donors (Lipinski definition) is 2. The number of rotatable bonds is 8. The van der Waals surface area contributed by atoms with E-state index in [1.54, 1.807) is 30.5 Å². The van der Waals surface area contributed by atoms with Gasteiger partial charge in [-0.1, -0.05) is 19.1 Å². The lowest BCUT2D eigenvalue weighted by Gasteiger charge is -2.13. The van der Waals surface area contributed by atoms with Crippen LogP contribution in [0.15, 0.2) is 35.5 Å². The summed E-state index contributed by atoms with van der Waals surface area (Å²) in [6.45, 7) is 1.90. The van der Waals surface area contributed by atoms with Gasteiger partial charge in [-0.15, -0.1) is 35.3 Å². The Morgan fingerprint density at radius 2 is 2.07 bits per heavy atom. The lowest BCUT2D eigenvalue weighted by molar-refractivity contribution is -0.153. The highest BCUT2D eigenvalue weighted by Crippen LogP contribution is 2.19. The van der Waals surface area contributed by atoms with E-state index in [-0.39, 0.29) is 29.7 Å². The minimum absolute atomic E-state index is 0. The van der Waals surface area contributed by atoms with Gasteiger partial charge in [0.25, 0.3) is 0 Å². The maximum Gasteiger partial charge on any atom is 0.422 e. The number of thiazole rings is 1. The van der Waals surface area contributed by atoms with E-state index in [4.69, 9.17) is 4.74 Å². The largest absolute Gasteiger partial charge is 0.484 e. The van der Waals surface area contributed by atoms with E-state index in [1.807, 2.05) is 12.3 Å². The van der Waals surface area contributed by atoms with E-state index < -0.39 is 12.8 Å². The Hall–Kier alpha value is -1.56. The van der Waals surface area contributed by atoms with Crippen molar-refractivity contribution in [3.05, 3.63) is 45.9 Å². The highest BCUT2D eigenvalue weighted by molar-refractivity contribution is 14.0. The second-order valence-corrected chi connectivity index (χ2v) is 6.93. The second kappa shape index (κ2) is 12.1. The lowest BCUT2D eigenvalue weighted by Crippen LogP contribution is -2.37. The zero-order valence-electron chi connectivity index (χ0n) is 15.7. The molecule has 28 heavy (non-hydrogen) atoms. The monoisotopic (exact) mass is 528 g/mol. The molecule has 0 aliphatic rings. The van der Waals surface area contributed by atoms with Crippen molar-refractivity contribution in [3.63, 3.8) is 0 Å². The van der Waals surface area contributed by atoms with Gasteiger partial charge in [-0.2, -0.15) is 13.2 Å². The summed E-state index contributed by atoms with van der Waals surface area (Å²) >= 11 is 1.70. The van der Waals surface area contributed by atoms with Crippen LogP contribution in [0.1, 0.15) is 22.4 Å². The summed E-state index contributed by atoms with van der Waals surface area (Å²) in [5.74, 6) is 0.800. The Labute approximate surface area is 183 Å². The van der Waals surface area contributed by atoms with Gasteiger partial charge in [-0.25, -0.2) is 4.98 Å². The van der Waals surface area contributed by atoms with Crippen LogP contribution in [0, 0.1) is 0 Å². The third-order valence-corrected chi connectivity index (χ3v) is 4.77. The summed E-state index contributed by atoms with van der Waals surface area (Å²) in [5.41, 5.74) is 0.796. The fourth-order valence-electron chi connectivity index (χ4n) is 2.23. The van der Waals surface area contributed by atoms with Gasteiger partial charge in [0.05, 0.1) is 5.01 Å². The molecule has 0 aliphatic heterocycles. The molecule has 10 heteroatoms. The zero-order chi connectivity index (χ0) is 19.7. The summed E-state index contributed by atoms with van der Waals surface area (Å²) in [7, 11) is 1.66. The summed E-state index contributed by atoms with van der Waals surface area (Å²) in [4.78, 5) is 9.78. The molecule has 0 atom stereocenters. The zero-order valence-corrected chi connectivity index (χ0v) is 18.8. The van der Waals surface area contributed by atoms with E-state index in [1.165, 1.54) is 10.9 Å². The van der Waals surface area contributed by atoms with Crippen LogP contribution < -0.4 is 15.4 Å². The fourth-order valence-corrected chi connectivity index (χ4v) is 3.09. The Morgan fingerprint density at radius 3 is 2.71 bits per heavy atom. The highest BCUT2D eigenvalue weighted by atomic mass is 127. The van der Waals surface area contributed by atoms with Crippen LogP contribution in [0.2, 0.25) is 0 Å². The molecule has 2 N–H and O–H groups in total. The van der Waals surface area contributed by atoms with Gasteiger partial charge < -0.3 is 15.4 Å². The molecule has 0 unspecified atom stereocenters. The molecule has 0 bridgehead atoms. The molecular weight excluding hydrogens is 504 g/mol. The van der Waals surface area contributed by atoms with Crippen molar-refractivity contribution < 1.29 is 17.9 Å². The smallest absolute Gasteiger partial charge is 0.422 e. The first-order valence-electron chi connectivity index (χ1n) is 8.56. The molecule has 1 heterocycles. The number of guanidine groups is 1. The predicted molar refractivity (Wildman–Crippen MR) is 117 cm³/mol. The predicted octanol–water partition coefficient (Wildman–Crippen LogP) is 4.17. The average molecular weight is 528 g/mol. The first kappa shape index (κ1) is 24.5.